The van der Waals surface area contributed by atoms with Crippen LogP contribution in [0.4, 0.5) is 5.82 Å². The first kappa shape index (κ1) is 54.1. The molecule has 3 atom stereocenters. The van der Waals surface area contributed by atoms with Crippen molar-refractivity contribution in [2.45, 2.75) is 124 Å². The highest BCUT2D eigenvalue weighted by molar-refractivity contribution is 7.13. The highest BCUT2D eigenvalue weighted by Gasteiger charge is 2.44. The van der Waals surface area contributed by atoms with Crippen LogP contribution in [0.15, 0.2) is 84.4 Å². The number of thiazole rings is 1. The molecule has 0 aliphatic carbocycles. The molecule has 4 N–H and O–H groups in total. The number of fused-ring (bicyclic) bond motifs is 1. The lowest BCUT2D eigenvalue weighted by molar-refractivity contribution is -0.143. The normalized spacial score (nSPS) is 16.7. The molecule has 0 unspecified atom stereocenters. The molecule has 5 heterocycles. The highest BCUT2D eigenvalue weighted by Crippen LogP contribution is 2.35. The van der Waals surface area contributed by atoms with Crippen LogP contribution < -0.4 is 20.3 Å². The first-order chi connectivity index (χ1) is 35.7. The predicted molar refractivity (Wildman–Crippen MR) is 293 cm³/mol. The summed E-state index contributed by atoms with van der Waals surface area (Å²) in [6.45, 7) is 16.1. The van der Waals surface area contributed by atoms with Crippen LogP contribution in [0.2, 0.25) is 0 Å². The maximum absolute atomic E-state index is 13.8. The van der Waals surface area contributed by atoms with Gasteiger partial charge in [0.2, 0.25) is 17.7 Å². The van der Waals surface area contributed by atoms with Crippen molar-refractivity contribution in [3.05, 3.63) is 107 Å². The van der Waals surface area contributed by atoms with Gasteiger partial charge in [-0.2, -0.15) is 9.61 Å². The lowest BCUT2D eigenvalue weighted by atomic mass is 9.85. The zero-order valence-electron chi connectivity index (χ0n) is 44.1. The number of carbonyl (C=O) groups is 3. The summed E-state index contributed by atoms with van der Waals surface area (Å²) >= 11 is 1.57. The number of anilines is 1. The molecule has 2 saturated heterocycles. The molecule has 0 spiro atoms. The third-order valence-corrected chi connectivity index (χ3v) is 15.3. The van der Waals surface area contributed by atoms with Crippen molar-refractivity contribution in [3.63, 3.8) is 0 Å². The Balaban J connectivity index is 0.828. The van der Waals surface area contributed by atoms with Gasteiger partial charge in [-0.3, -0.25) is 19.3 Å². The van der Waals surface area contributed by atoms with E-state index in [1.807, 2.05) is 62.0 Å². The van der Waals surface area contributed by atoms with Gasteiger partial charge in [-0.15, -0.1) is 11.3 Å². The Kier molecular flexibility index (Phi) is 18.2. The van der Waals surface area contributed by atoms with Gasteiger partial charge in [-0.25, -0.2) is 9.97 Å². The largest absolute Gasteiger partial charge is 0.493 e. The molecule has 15 nitrogen and oxygen atoms in total. The number of piperazine rings is 1. The molecule has 8 rings (SSSR count). The van der Waals surface area contributed by atoms with Gasteiger partial charge >= 0.3 is 0 Å². The van der Waals surface area contributed by atoms with E-state index in [-0.39, 0.29) is 43.8 Å². The van der Waals surface area contributed by atoms with Crippen molar-refractivity contribution in [1.29, 1.82) is 0 Å². The maximum atomic E-state index is 13.8. The summed E-state index contributed by atoms with van der Waals surface area (Å²) in [5.74, 6) is 0.646. The number of aliphatic hydroxyl groups excluding tert-OH is 2. The third-order valence-electron chi connectivity index (χ3n) is 14.4. The van der Waals surface area contributed by atoms with E-state index in [0.29, 0.717) is 18.9 Å². The highest BCUT2D eigenvalue weighted by atomic mass is 32.1. The van der Waals surface area contributed by atoms with E-state index in [0.717, 1.165) is 132 Å². The fourth-order valence-electron chi connectivity index (χ4n) is 10.3. The van der Waals surface area contributed by atoms with Crippen LogP contribution in [0.1, 0.15) is 102 Å². The molecular formula is C58H75N9O6S. The Bertz CT molecular complexity index is 2850. The topological polar surface area (TPSA) is 178 Å². The number of aliphatic hydroxyl groups is 2. The second-order valence-corrected chi connectivity index (χ2v) is 21.9. The van der Waals surface area contributed by atoms with Crippen LogP contribution in [-0.4, -0.2) is 128 Å². The number of nitrogens with zero attached hydrogens (tertiary/aromatic N) is 7. The standard InChI is InChI=1S/C58H75N9O6S/c1-39-52(55-62-48(43-20-14-12-15-21-43)35-51(67(55)63-39)65-27-25-64(26-28-65)29-30-68)44-22-17-19-42(32-44)18-13-10-8-7-9-11-16-31-73-50-33-45(53-40(2)60-38-74-53)23-24-46(50)36-59-56(71)49-34-47(70)37-66(49)57(72)54(58(4,5)6)61-41(3)69/h12,14-15,17,19-24,32-33,35,38,47,49,54,68,70H,7-11,13,16,18,25-31,34,36-37H2,1-6H3,(H,59,71)(H,61,69)/t47-,49+,54-/m1/s1. The van der Waals surface area contributed by atoms with Crippen molar-refractivity contribution in [2.24, 2.45) is 5.41 Å². The number of aryl methyl sites for hydroxylation is 3. The minimum absolute atomic E-state index is 0.0181. The molecule has 3 aromatic carbocycles. The van der Waals surface area contributed by atoms with Gasteiger partial charge in [-0.05, 0) is 61.3 Å². The molecule has 16 heteroatoms. The van der Waals surface area contributed by atoms with Gasteiger partial charge in [0.1, 0.15) is 23.7 Å². The van der Waals surface area contributed by atoms with Crippen molar-refractivity contribution >= 4 is 40.5 Å². The molecule has 0 bridgehead atoms. The number of ether oxygens (including phenoxy) is 1. The molecule has 394 valence electrons. The van der Waals surface area contributed by atoms with Crippen LogP contribution >= 0.6 is 11.3 Å². The number of unbranched alkanes of at least 4 members (excludes halogenated alkanes) is 6. The predicted octanol–water partition coefficient (Wildman–Crippen LogP) is 8.40. The maximum Gasteiger partial charge on any atom is 0.246 e. The Morgan fingerprint density at radius 3 is 2.28 bits per heavy atom. The third kappa shape index (κ3) is 13.4. The lowest BCUT2D eigenvalue weighted by Gasteiger charge is -2.35. The Morgan fingerprint density at radius 1 is 0.851 bits per heavy atom. The molecule has 0 saturated carbocycles. The molecule has 3 aromatic heterocycles. The van der Waals surface area contributed by atoms with E-state index in [1.165, 1.54) is 23.8 Å². The fraction of sp³-hybridized carbons (Fsp3) is 0.483. The number of carbonyl (C=O) groups excluding carboxylic acids is 3. The van der Waals surface area contributed by atoms with E-state index < -0.39 is 23.6 Å². The average Bonchev–Trinajstić information content (AvgIpc) is 4.10. The van der Waals surface area contributed by atoms with Crippen LogP contribution in [0, 0.1) is 19.3 Å². The summed E-state index contributed by atoms with van der Waals surface area (Å²) in [6, 6.07) is 25.7. The number of aromatic nitrogens is 4. The molecular weight excluding hydrogens is 951 g/mol. The molecule has 6 aromatic rings. The van der Waals surface area contributed by atoms with Gasteiger partial charge in [0.15, 0.2) is 5.65 Å². The van der Waals surface area contributed by atoms with Gasteiger partial charge in [-0.1, -0.05) is 120 Å². The Labute approximate surface area is 440 Å². The van der Waals surface area contributed by atoms with Crippen molar-refractivity contribution in [3.8, 4) is 38.6 Å². The summed E-state index contributed by atoms with van der Waals surface area (Å²) in [5.41, 5.74) is 11.3. The van der Waals surface area contributed by atoms with Crippen molar-refractivity contribution in [2.75, 3.05) is 57.4 Å². The number of rotatable bonds is 22. The first-order valence-electron chi connectivity index (χ1n) is 26.5. The van der Waals surface area contributed by atoms with Crippen LogP contribution in [0.5, 0.6) is 5.75 Å². The van der Waals surface area contributed by atoms with Gasteiger partial charge in [0.05, 0.1) is 46.8 Å². The van der Waals surface area contributed by atoms with E-state index >= 15 is 0 Å². The van der Waals surface area contributed by atoms with E-state index in [4.69, 9.17) is 14.8 Å². The van der Waals surface area contributed by atoms with Crippen molar-refractivity contribution < 1.29 is 29.3 Å². The molecule has 2 aliphatic heterocycles. The van der Waals surface area contributed by atoms with Crippen molar-refractivity contribution in [1.82, 2.24) is 40.0 Å². The van der Waals surface area contributed by atoms with Crippen LogP contribution in [-0.2, 0) is 27.3 Å². The summed E-state index contributed by atoms with van der Waals surface area (Å²) in [7, 11) is 0. The zero-order chi connectivity index (χ0) is 52.4. The SMILES string of the molecule is CC(=O)N[C@H](C(=O)N1C[C@H](O)C[C@H]1C(=O)NCc1ccc(-c2scnc2C)cc1OCCCCCCCCCc1cccc(-c2c(C)nn3c(N4CCN(CCO)CC4)cc(-c4ccccc4)nc23)c1)C(C)(C)C. The second-order valence-electron chi connectivity index (χ2n) is 21.1. The number of hydrogen-bond donors (Lipinski definition) is 4. The van der Waals surface area contributed by atoms with Crippen LogP contribution in [0.3, 0.4) is 0 Å². The van der Waals surface area contributed by atoms with Gasteiger partial charge < -0.3 is 35.4 Å². The molecule has 3 amide bonds. The molecule has 0 radical (unpaired) electrons. The van der Waals surface area contributed by atoms with Gasteiger partial charge in [0.25, 0.3) is 0 Å². The monoisotopic (exact) mass is 1030 g/mol. The number of hydrogen-bond acceptors (Lipinski definition) is 12. The first-order valence-corrected chi connectivity index (χ1v) is 27.4. The summed E-state index contributed by atoms with van der Waals surface area (Å²) < 4.78 is 8.49. The number of β-amino-alcohol motifs (C(OH)–C–C–N with tert-alkyl or cyclic N) is 2. The number of nitrogens with one attached hydrogen (secondary N) is 2. The minimum atomic E-state index is -0.872. The Hall–Kier alpha value is -6.20. The summed E-state index contributed by atoms with van der Waals surface area (Å²) in [6.07, 6.45) is 7.93. The minimum Gasteiger partial charge on any atom is -0.493 e. The lowest BCUT2D eigenvalue weighted by Crippen LogP contribution is -2.57. The quantitative estimate of drug-likeness (QED) is 0.0481. The summed E-state index contributed by atoms with van der Waals surface area (Å²) in [4.78, 5) is 56.4. The number of amides is 3. The molecule has 2 aliphatic rings. The van der Waals surface area contributed by atoms with E-state index in [9.17, 15) is 24.6 Å². The molecule has 74 heavy (non-hydrogen) atoms. The average molecular weight is 1030 g/mol. The number of benzene rings is 3. The smallest absolute Gasteiger partial charge is 0.246 e. The second kappa shape index (κ2) is 24.9. The van der Waals surface area contributed by atoms with E-state index in [2.05, 4.69) is 86.9 Å². The van der Waals surface area contributed by atoms with Crippen LogP contribution in [0.25, 0.3) is 38.5 Å². The molecule has 2 fully saturated rings. The zero-order valence-corrected chi connectivity index (χ0v) is 44.9. The van der Waals surface area contributed by atoms with E-state index in [1.54, 1.807) is 11.3 Å². The summed E-state index contributed by atoms with van der Waals surface area (Å²) in [5, 5.41) is 31.0. The Morgan fingerprint density at radius 2 is 1.58 bits per heavy atom. The fourth-order valence-corrected chi connectivity index (χ4v) is 11.1. The number of likely N-dealkylation sites (tertiary alicyclic amines) is 1. The van der Waals surface area contributed by atoms with Gasteiger partial charge in [0, 0.05) is 81.9 Å².